The van der Waals surface area contributed by atoms with E-state index in [1.807, 2.05) is 62.4 Å². The van der Waals surface area contributed by atoms with Gasteiger partial charge in [-0.2, -0.15) is 0 Å². The highest BCUT2D eigenvalue weighted by molar-refractivity contribution is 6.11. The van der Waals surface area contributed by atoms with E-state index in [4.69, 9.17) is 9.47 Å². The summed E-state index contributed by atoms with van der Waals surface area (Å²) in [6.45, 7) is 4.41. The number of hydrogen-bond donors (Lipinski definition) is 2. The number of carbonyl (C=O) groups is 2. The topological polar surface area (TPSA) is 76.7 Å². The molecule has 2 aliphatic rings. The van der Waals surface area contributed by atoms with Gasteiger partial charge in [0.1, 0.15) is 11.7 Å². The predicted molar refractivity (Wildman–Crippen MR) is 115 cm³/mol. The van der Waals surface area contributed by atoms with Crippen molar-refractivity contribution in [2.45, 2.75) is 26.3 Å². The maximum Gasteiger partial charge on any atom is 0.316 e. The average Bonchev–Trinajstić information content (AvgIpc) is 2.90. The lowest BCUT2D eigenvalue weighted by Gasteiger charge is -2.32. The summed E-state index contributed by atoms with van der Waals surface area (Å²) in [6, 6.07) is 15.2. The zero-order chi connectivity index (χ0) is 21.3. The molecule has 0 bridgehead atoms. The van der Waals surface area contributed by atoms with Gasteiger partial charge in [0.25, 0.3) is 0 Å². The van der Waals surface area contributed by atoms with Crippen LogP contribution >= 0.6 is 0 Å². The molecule has 4 rings (SSSR count). The van der Waals surface area contributed by atoms with Crippen LogP contribution in [-0.2, 0) is 14.3 Å². The van der Waals surface area contributed by atoms with Crippen molar-refractivity contribution < 1.29 is 19.1 Å². The van der Waals surface area contributed by atoms with Gasteiger partial charge in [0.05, 0.1) is 31.1 Å². The van der Waals surface area contributed by atoms with Crippen LogP contribution in [0.3, 0.4) is 0 Å². The lowest BCUT2D eigenvalue weighted by molar-refractivity contribution is -0.151. The lowest BCUT2D eigenvalue weighted by Crippen LogP contribution is -2.39. The molecule has 0 saturated heterocycles. The van der Waals surface area contributed by atoms with Crippen LogP contribution in [0.2, 0.25) is 0 Å². The fourth-order valence-corrected chi connectivity index (χ4v) is 4.33. The summed E-state index contributed by atoms with van der Waals surface area (Å²) >= 11 is 0. The smallest absolute Gasteiger partial charge is 0.316 e. The Kier molecular flexibility index (Phi) is 5.48. The summed E-state index contributed by atoms with van der Waals surface area (Å²) in [5, 5.41) is 6.97. The molecule has 156 valence electrons. The largest absolute Gasteiger partial charge is 0.494 e. The van der Waals surface area contributed by atoms with Crippen molar-refractivity contribution >= 4 is 23.1 Å². The van der Waals surface area contributed by atoms with Gasteiger partial charge in [0, 0.05) is 11.3 Å². The summed E-state index contributed by atoms with van der Waals surface area (Å²) in [7, 11) is 1.33. The van der Waals surface area contributed by atoms with Crippen LogP contribution in [0.15, 0.2) is 59.8 Å². The molecule has 2 aromatic carbocycles. The molecule has 30 heavy (non-hydrogen) atoms. The minimum Gasteiger partial charge on any atom is -0.494 e. The molecule has 0 unspecified atom stereocenters. The first-order chi connectivity index (χ1) is 14.5. The number of Topliss-reactive ketones (excluding diaryl/α,β-unsaturated/α-hetero) is 1. The third-order valence-corrected chi connectivity index (χ3v) is 5.73. The number of carbonyl (C=O) groups excluding carboxylic acids is 2. The van der Waals surface area contributed by atoms with E-state index < -0.39 is 17.9 Å². The molecule has 2 N–H and O–H groups in total. The molecular formula is C24H26N2O4. The SMILES string of the molecule is CCOc1cccc([C@@H]2Nc3ccccc3NC3=C2C(=O)[C@H](C(=O)OC)[C@@H](C)C3)c1. The van der Waals surface area contributed by atoms with Crippen molar-refractivity contribution in [2.75, 3.05) is 24.4 Å². The fourth-order valence-electron chi connectivity index (χ4n) is 4.33. The Labute approximate surface area is 176 Å². The van der Waals surface area contributed by atoms with Gasteiger partial charge >= 0.3 is 5.97 Å². The van der Waals surface area contributed by atoms with Gasteiger partial charge in [-0.05, 0) is 49.1 Å². The maximum atomic E-state index is 13.6. The number of ether oxygens (including phenoxy) is 2. The van der Waals surface area contributed by atoms with E-state index in [1.54, 1.807) is 0 Å². The van der Waals surface area contributed by atoms with Crippen molar-refractivity contribution in [1.29, 1.82) is 0 Å². The van der Waals surface area contributed by atoms with Crippen molar-refractivity contribution in [3.63, 3.8) is 0 Å². The zero-order valence-corrected chi connectivity index (χ0v) is 17.4. The number of methoxy groups -OCH3 is 1. The number of rotatable bonds is 4. The van der Waals surface area contributed by atoms with Crippen LogP contribution in [0.5, 0.6) is 5.75 Å². The van der Waals surface area contributed by atoms with E-state index in [-0.39, 0.29) is 11.7 Å². The molecule has 3 atom stereocenters. The second kappa shape index (κ2) is 8.22. The summed E-state index contributed by atoms with van der Waals surface area (Å²) < 4.78 is 10.6. The van der Waals surface area contributed by atoms with Gasteiger partial charge in [-0.1, -0.05) is 31.2 Å². The number of ketones is 1. The Balaban J connectivity index is 1.85. The Morgan fingerprint density at radius 2 is 1.90 bits per heavy atom. The van der Waals surface area contributed by atoms with Crippen LogP contribution < -0.4 is 15.4 Å². The summed E-state index contributed by atoms with van der Waals surface area (Å²) in [5.41, 5.74) is 4.13. The molecule has 6 nitrogen and oxygen atoms in total. The highest BCUT2D eigenvalue weighted by Crippen LogP contribution is 2.44. The Morgan fingerprint density at radius 1 is 1.13 bits per heavy atom. The van der Waals surface area contributed by atoms with Gasteiger partial charge in [-0.3, -0.25) is 9.59 Å². The number of nitrogens with one attached hydrogen (secondary N) is 2. The first-order valence-corrected chi connectivity index (χ1v) is 10.2. The second-order valence-corrected chi connectivity index (χ2v) is 7.69. The zero-order valence-electron chi connectivity index (χ0n) is 17.4. The molecule has 0 amide bonds. The Hall–Kier alpha value is -3.28. The summed E-state index contributed by atoms with van der Waals surface area (Å²) in [5.74, 6) is -0.906. The van der Waals surface area contributed by atoms with Crippen LogP contribution in [0.4, 0.5) is 11.4 Å². The molecule has 0 spiro atoms. The summed E-state index contributed by atoms with van der Waals surface area (Å²) in [6.07, 6.45) is 0.582. The van der Waals surface area contributed by atoms with Gasteiger partial charge < -0.3 is 20.1 Å². The molecular weight excluding hydrogens is 380 g/mol. The van der Waals surface area contributed by atoms with Crippen molar-refractivity contribution in [3.05, 3.63) is 65.4 Å². The normalized spacial score (nSPS) is 22.8. The maximum absolute atomic E-state index is 13.6. The predicted octanol–water partition coefficient (Wildman–Crippen LogP) is 4.32. The number of anilines is 2. The van der Waals surface area contributed by atoms with E-state index in [0.29, 0.717) is 18.6 Å². The van der Waals surface area contributed by atoms with Gasteiger partial charge in [0.2, 0.25) is 0 Å². The number of fused-ring (bicyclic) bond motifs is 1. The first-order valence-electron chi connectivity index (χ1n) is 10.2. The molecule has 0 fully saturated rings. The molecule has 6 heteroatoms. The fraction of sp³-hybridized carbons (Fsp3) is 0.333. The van der Waals surface area contributed by atoms with Crippen LogP contribution in [0, 0.1) is 11.8 Å². The highest BCUT2D eigenvalue weighted by Gasteiger charge is 2.44. The second-order valence-electron chi connectivity index (χ2n) is 7.69. The van der Waals surface area contributed by atoms with Crippen LogP contribution in [0.1, 0.15) is 31.9 Å². The minimum absolute atomic E-state index is 0.156. The molecule has 0 saturated carbocycles. The van der Waals surface area contributed by atoms with Crippen LogP contribution in [0.25, 0.3) is 0 Å². The van der Waals surface area contributed by atoms with Crippen LogP contribution in [-0.4, -0.2) is 25.5 Å². The third kappa shape index (κ3) is 3.54. The lowest BCUT2D eigenvalue weighted by atomic mass is 9.75. The average molecular weight is 406 g/mol. The Bertz CT molecular complexity index is 1010. The van der Waals surface area contributed by atoms with Gasteiger partial charge in [-0.25, -0.2) is 0 Å². The molecule has 2 aromatic rings. The molecule has 0 radical (unpaired) electrons. The van der Waals surface area contributed by atoms with Gasteiger partial charge in [-0.15, -0.1) is 0 Å². The number of esters is 1. The number of para-hydroxylation sites is 2. The van der Waals surface area contributed by atoms with Gasteiger partial charge in [0.15, 0.2) is 5.78 Å². The number of benzene rings is 2. The van der Waals surface area contributed by atoms with E-state index in [2.05, 4.69) is 10.6 Å². The standard InChI is InChI=1S/C24H26N2O4/c1-4-30-16-9-7-8-15(13-16)22-21-19(25-17-10-5-6-11-18(17)26-22)12-14(2)20(23(21)27)24(28)29-3/h5-11,13-14,20,22,25-26H,4,12H2,1-3H3/t14-,20+,22-/m0/s1. The highest BCUT2D eigenvalue weighted by atomic mass is 16.5. The number of allylic oxidation sites excluding steroid dienone is 1. The van der Waals surface area contributed by atoms with E-state index in [1.165, 1.54) is 7.11 Å². The first kappa shape index (κ1) is 20.0. The molecule has 1 heterocycles. The van der Waals surface area contributed by atoms with Crippen molar-refractivity contribution in [1.82, 2.24) is 0 Å². The molecule has 1 aliphatic carbocycles. The van der Waals surface area contributed by atoms with Crippen molar-refractivity contribution in [2.24, 2.45) is 11.8 Å². The minimum atomic E-state index is -0.809. The third-order valence-electron chi connectivity index (χ3n) is 5.73. The Morgan fingerprint density at radius 3 is 2.63 bits per heavy atom. The van der Waals surface area contributed by atoms with Crippen molar-refractivity contribution in [3.8, 4) is 5.75 Å². The molecule has 0 aromatic heterocycles. The number of hydrogen-bond acceptors (Lipinski definition) is 6. The van der Waals surface area contributed by atoms with E-state index in [0.717, 1.165) is 28.4 Å². The van der Waals surface area contributed by atoms with E-state index >= 15 is 0 Å². The summed E-state index contributed by atoms with van der Waals surface area (Å²) in [4.78, 5) is 26.0. The molecule has 1 aliphatic heterocycles. The van der Waals surface area contributed by atoms with E-state index in [9.17, 15) is 9.59 Å². The monoisotopic (exact) mass is 406 g/mol. The quantitative estimate of drug-likeness (QED) is 0.582.